The zero-order chi connectivity index (χ0) is 20.9. The van der Waals surface area contributed by atoms with Gasteiger partial charge >= 0.3 is 12.1 Å². The molecule has 0 spiro atoms. The molecule has 1 heterocycles. The highest BCUT2D eigenvalue weighted by atomic mass is 32.2. The van der Waals surface area contributed by atoms with Crippen molar-refractivity contribution in [3.05, 3.63) is 29.8 Å². The van der Waals surface area contributed by atoms with Crippen molar-refractivity contribution < 1.29 is 32.3 Å². The number of benzene rings is 1. The number of piperidine rings is 1. The van der Waals surface area contributed by atoms with Gasteiger partial charge < -0.3 is 9.47 Å². The number of esters is 1. The molecule has 1 aliphatic heterocycles. The van der Waals surface area contributed by atoms with Gasteiger partial charge in [-0.25, -0.2) is 18.0 Å². The molecule has 2 amide bonds. The highest BCUT2D eigenvalue weighted by molar-refractivity contribution is 7.89. The van der Waals surface area contributed by atoms with E-state index in [-0.39, 0.29) is 10.5 Å². The molecule has 1 aliphatic rings. The van der Waals surface area contributed by atoms with E-state index in [9.17, 15) is 22.8 Å². The molecule has 0 aromatic heterocycles. The van der Waals surface area contributed by atoms with Crippen LogP contribution < -0.4 is 5.32 Å². The number of hydrogen-bond acceptors (Lipinski definition) is 7. The molecule has 1 N–H and O–H groups in total. The molecule has 9 nitrogen and oxygen atoms in total. The van der Waals surface area contributed by atoms with E-state index in [0.29, 0.717) is 19.0 Å². The van der Waals surface area contributed by atoms with Crippen molar-refractivity contribution in [3.63, 3.8) is 0 Å². The summed E-state index contributed by atoms with van der Waals surface area (Å²) in [5.41, 5.74) is 0.0870. The summed E-state index contributed by atoms with van der Waals surface area (Å²) in [6.45, 7) is 4.34. The second kappa shape index (κ2) is 9.16. The number of nitrogens with zero attached hydrogens (tertiary/aromatic N) is 1. The van der Waals surface area contributed by atoms with Crippen LogP contribution in [-0.2, 0) is 24.3 Å². The fourth-order valence-corrected chi connectivity index (χ4v) is 4.14. The van der Waals surface area contributed by atoms with E-state index in [1.54, 1.807) is 0 Å². The van der Waals surface area contributed by atoms with Crippen LogP contribution in [-0.4, -0.2) is 57.0 Å². The fourth-order valence-electron chi connectivity index (χ4n) is 2.67. The average molecular weight is 412 g/mol. The lowest BCUT2D eigenvalue weighted by Gasteiger charge is -2.29. The summed E-state index contributed by atoms with van der Waals surface area (Å²) < 4.78 is 36.1. The maximum atomic E-state index is 12.7. The van der Waals surface area contributed by atoms with Crippen LogP contribution in [0.4, 0.5) is 4.79 Å². The fraction of sp³-hybridized carbons (Fsp3) is 0.500. The molecule has 0 bridgehead atoms. The van der Waals surface area contributed by atoms with Crippen LogP contribution in [0.1, 0.15) is 37.0 Å². The summed E-state index contributed by atoms with van der Waals surface area (Å²) in [4.78, 5) is 34.9. The minimum absolute atomic E-state index is 0.0870. The Labute approximate surface area is 164 Å². The van der Waals surface area contributed by atoms with Gasteiger partial charge in [0.15, 0.2) is 6.10 Å². The first kappa shape index (κ1) is 21.8. The molecule has 10 heteroatoms. The minimum atomic E-state index is -3.62. The summed E-state index contributed by atoms with van der Waals surface area (Å²) in [6, 6.07) is 5.33. The Morgan fingerprint density at radius 3 is 2.25 bits per heavy atom. The van der Waals surface area contributed by atoms with Crippen LogP contribution >= 0.6 is 0 Å². The first-order chi connectivity index (χ1) is 13.1. The number of imide groups is 1. The Morgan fingerprint density at radius 2 is 1.71 bits per heavy atom. The van der Waals surface area contributed by atoms with Crippen LogP contribution in [0.15, 0.2) is 29.2 Å². The third kappa shape index (κ3) is 5.29. The van der Waals surface area contributed by atoms with Gasteiger partial charge in [0.1, 0.15) is 0 Å². The zero-order valence-electron chi connectivity index (χ0n) is 16.0. The van der Waals surface area contributed by atoms with E-state index in [4.69, 9.17) is 4.74 Å². The standard InChI is InChI=1S/C18H24N2O7S/c1-12-8-10-20(11-9-12)28(24,25)15-6-4-14(5-7-15)17(22)27-13(2)16(21)19-18(23)26-3/h4-7,12-13H,8-11H2,1-3H3,(H,19,21,23)/t13-/m0/s1. The molecule has 1 fully saturated rings. The van der Waals surface area contributed by atoms with Gasteiger partial charge in [0.25, 0.3) is 5.91 Å². The van der Waals surface area contributed by atoms with Crippen molar-refractivity contribution >= 4 is 28.0 Å². The number of methoxy groups -OCH3 is 1. The molecule has 1 atom stereocenters. The van der Waals surface area contributed by atoms with Gasteiger partial charge in [0.2, 0.25) is 10.0 Å². The Bertz CT molecular complexity index is 828. The second-order valence-electron chi connectivity index (χ2n) is 6.64. The first-order valence-electron chi connectivity index (χ1n) is 8.85. The third-order valence-electron chi connectivity index (χ3n) is 4.53. The van der Waals surface area contributed by atoms with E-state index < -0.39 is 34.1 Å². The largest absolute Gasteiger partial charge is 0.453 e. The summed E-state index contributed by atoms with van der Waals surface area (Å²) in [5, 5.41) is 1.89. The van der Waals surface area contributed by atoms with E-state index in [1.165, 1.54) is 35.5 Å². The molecular formula is C18H24N2O7S. The van der Waals surface area contributed by atoms with Crippen LogP contribution in [0.5, 0.6) is 0 Å². The first-order valence-corrected chi connectivity index (χ1v) is 10.3. The molecule has 28 heavy (non-hydrogen) atoms. The summed E-state index contributed by atoms with van der Waals surface area (Å²) in [7, 11) is -2.52. The third-order valence-corrected chi connectivity index (χ3v) is 6.45. The Balaban J connectivity index is 2.02. The number of carbonyl (C=O) groups excluding carboxylic acids is 3. The van der Waals surface area contributed by atoms with Crippen LogP contribution in [0.3, 0.4) is 0 Å². The van der Waals surface area contributed by atoms with Gasteiger partial charge in [0, 0.05) is 13.1 Å². The molecule has 154 valence electrons. The van der Waals surface area contributed by atoms with Gasteiger partial charge in [-0.3, -0.25) is 10.1 Å². The molecule has 1 aromatic rings. The summed E-state index contributed by atoms with van der Waals surface area (Å²) >= 11 is 0. The zero-order valence-corrected chi connectivity index (χ0v) is 16.8. The molecule has 0 aliphatic carbocycles. The Kier molecular flexibility index (Phi) is 7.14. The predicted molar refractivity (Wildman–Crippen MR) is 99.0 cm³/mol. The number of ether oxygens (including phenoxy) is 2. The monoisotopic (exact) mass is 412 g/mol. The van der Waals surface area contributed by atoms with E-state index in [1.807, 2.05) is 5.32 Å². The topological polar surface area (TPSA) is 119 Å². The molecule has 0 saturated carbocycles. The maximum Gasteiger partial charge on any atom is 0.413 e. The molecule has 1 saturated heterocycles. The molecule has 2 rings (SSSR count). The van der Waals surface area contributed by atoms with E-state index >= 15 is 0 Å². The number of rotatable bonds is 5. The predicted octanol–water partition coefficient (Wildman–Crippen LogP) is 1.54. The van der Waals surface area contributed by atoms with E-state index in [2.05, 4.69) is 11.7 Å². The van der Waals surface area contributed by atoms with Gasteiger partial charge in [-0.05, 0) is 49.9 Å². The van der Waals surface area contributed by atoms with Crippen molar-refractivity contribution in [2.24, 2.45) is 5.92 Å². The highest BCUT2D eigenvalue weighted by Crippen LogP contribution is 2.23. The molecule has 1 aromatic carbocycles. The molecule has 0 radical (unpaired) electrons. The number of carbonyl (C=O) groups is 3. The number of amides is 2. The Morgan fingerprint density at radius 1 is 1.14 bits per heavy atom. The minimum Gasteiger partial charge on any atom is -0.453 e. The quantitative estimate of drug-likeness (QED) is 0.729. The van der Waals surface area contributed by atoms with Crippen molar-refractivity contribution in [1.82, 2.24) is 9.62 Å². The maximum absolute atomic E-state index is 12.7. The average Bonchev–Trinajstić information content (AvgIpc) is 2.68. The number of hydrogen-bond donors (Lipinski definition) is 1. The number of alkyl carbamates (subject to hydrolysis) is 1. The van der Waals surface area contributed by atoms with Crippen molar-refractivity contribution in [2.75, 3.05) is 20.2 Å². The van der Waals surface area contributed by atoms with Crippen molar-refractivity contribution in [2.45, 2.75) is 37.7 Å². The number of nitrogens with one attached hydrogen (secondary N) is 1. The van der Waals surface area contributed by atoms with E-state index in [0.717, 1.165) is 20.0 Å². The van der Waals surface area contributed by atoms with Crippen LogP contribution in [0.2, 0.25) is 0 Å². The Hall–Kier alpha value is -2.46. The molecular weight excluding hydrogens is 388 g/mol. The van der Waals surface area contributed by atoms with Crippen LogP contribution in [0, 0.1) is 5.92 Å². The van der Waals surface area contributed by atoms with Crippen LogP contribution in [0.25, 0.3) is 0 Å². The summed E-state index contributed by atoms with van der Waals surface area (Å²) in [6.07, 6.45) is -0.565. The van der Waals surface area contributed by atoms with Gasteiger partial charge in [0.05, 0.1) is 17.6 Å². The number of sulfonamides is 1. The normalized spacial score (nSPS) is 16.8. The summed E-state index contributed by atoms with van der Waals surface area (Å²) in [5.74, 6) is -1.15. The van der Waals surface area contributed by atoms with Crippen molar-refractivity contribution in [1.29, 1.82) is 0 Å². The molecule has 0 unspecified atom stereocenters. The van der Waals surface area contributed by atoms with Crippen molar-refractivity contribution in [3.8, 4) is 0 Å². The second-order valence-corrected chi connectivity index (χ2v) is 8.58. The SMILES string of the molecule is COC(=O)NC(=O)[C@H](C)OC(=O)c1ccc(S(=O)(=O)N2CCC(C)CC2)cc1. The van der Waals surface area contributed by atoms with Gasteiger partial charge in [-0.15, -0.1) is 0 Å². The smallest absolute Gasteiger partial charge is 0.413 e. The lowest BCUT2D eigenvalue weighted by atomic mass is 10.0. The van der Waals surface area contributed by atoms with Gasteiger partial charge in [-0.2, -0.15) is 4.31 Å². The lowest BCUT2D eigenvalue weighted by Crippen LogP contribution is -2.39. The van der Waals surface area contributed by atoms with Gasteiger partial charge in [-0.1, -0.05) is 6.92 Å². The lowest BCUT2D eigenvalue weighted by molar-refractivity contribution is -0.128. The highest BCUT2D eigenvalue weighted by Gasteiger charge is 2.28.